The summed E-state index contributed by atoms with van der Waals surface area (Å²) in [7, 11) is 1.89. The molecule has 3 rings (SSSR count). The van der Waals surface area contributed by atoms with E-state index in [1.165, 1.54) is 0 Å². The molecular weight excluding hydrogens is 462 g/mol. The number of unbranched alkanes of at least 4 members (excludes halogenated alkanes) is 1. The molecule has 0 fully saturated rings. The van der Waals surface area contributed by atoms with E-state index in [-0.39, 0.29) is 0 Å². The first-order chi connectivity index (χ1) is 18.1. The number of benzene rings is 3. The Balaban J connectivity index is 1.85. The van der Waals surface area contributed by atoms with Gasteiger partial charge >= 0.3 is 0 Å². The smallest absolute Gasteiger partial charge is 0.215 e. The van der Waals surface area contributed by atoms with Gasteiger partial charge in [0.15, 0.2) is 0 Å². The molecule has 3 aromatic rings. The molecule has 2 amide bonds. The summed E-state index contributed by atoms with van der Waals surface area (Å²) in [4.78, 5) is 29.4. The minimum atomic E-state index is 0.422. The van der Waals surface area contributed by atoms with Gasteiger partial charge in [0.2, 0.25) is 12.8 Å². The van der Waals surface area contributed by atoms with E-state index in [2.05, 4.69) is 17.2 Å². The molecule has 0 aliphatic rings. The quantitative estimate of drug-likeness (QED) is 0.156. The van der Waals surface area contributed by atoms with Crippen molar-refractivity contribution in [1.82, 2.24) is 10.2 Å². The second kappa shape index (κ2) is 14.3. The first-order valence-corrected chi connectivity index (χ1v) is 12.6. The van der Waals surface area contributed by atoms with Crippen LogP contribution in [0.2, 0.25) is 0 Å². The zero-order valence-electron chi connectivity index (χ0n) is 21.8. The normalized spacial score (nSPS) is 11.6. The molecule has 0 aliphatic carbocycles. The molecule has 0 spiro atoms. The highest BCUT2D eigenvalue weighted by atomic mass is 16.1. The van der Waals surface area contributed by atoms with Crippen molar-refractivity contribution in [3.05, 3.63) is 90.0 Å². The lowest BCUT2D eigenvalue weighted by Crippen LogP contribution is -2.31. The summed E-state index contributed by atoms with van der Waals surface area (Å²) in [5.41, 5.74) is 4.78. The molecule has 0 unspecified atom stereocenters. The molecule has 0 heterocycles. The van der Waals surface area contributed by atoms with Gasteiger partial charge in [0.25, 0.3) is 0 Å². The summed E-state index contributed by atoms with van der Waals surface area (Å²) in [5.74, 6) is 1.28. The molecule has 0 aliphatic heterocycles. The summed E-state index contributed by atoms with van der Waals surface area (Å²) >= 11 is 0. The number of anilines is 1. The van der Waals surface area contributed by atoms with E-state index in [0.29, 0.717) is 31.8 Å². The molecule has 1 N–H and O–H groups in total. The molecule has 7 nitrogen and oxygen atoms in total. The lowest BCUT2D eigenvalue weighted by molar-refractivity contribution is -0.115. The van der Waals surface area contributed by atoms with Gasteiger partial charge in [-0.3, -0.25) is 24.5 Å². The van der Waals surface area contributed by atoms with Crippen LogP contribution < -0.4 is 10.3 Å². The molecule has 0 saturated carbocycles. The number of hydrogen-bond donors (Lipinski definition) is 1. The fourth-order valence-corrected chi connectivity index (χ4v) is 4.00. The molecular formula is C30H35N5O2. The first kappa shape index (κ1) is 27.3. The summed E-state index contributed by atoms with van der Waals surface area (Å²) in [6.45, 7) is 5.04. The van der Waals surface area contributed by atoms with Crippen LogP contribution in [-0.2, 0) is 16.1 Å². The van der Waals surface area contributed by atoms with Gasteiger partial charge in [-0.15, -0.1) is 0 Å². The number of para-hydroxylation sites is 1. The van der Waals surface area contributed by atoms with Crippen LogP contribution in [0.4, 0.5) is 5.69 Å². The van der Waals surface area contributed by atoms with Crippen LogP contribution in [0, 0.1) is 0 Å². The molecule has 37 heavy (non-hydrogen) atoms. The van der Waals surface area contributed by atoms with Crippen molar-refractivity contribution in [2.24, 2.45) is 10.1 Å². The minimum absolute atomic E-state index is 0.422. The number of hydrazone groups is 1. The number of rotatable bonds is 12. The van der Waals surface area contributed by atoms with Crippen molar-refractivity contribution in [3.8, 4) is 11.1 Å². The summed E-state index contributed by atoms with van der Waals surface area (Å²) in [6.07, 6.45) is 4.17. The summed E-state index contributed by atoms with van der Waals surface area (Å²) in [6, 6.07) is 25.8. The Morgan fingerprint density at radius 2 is 1.62 bits per heavy atom. The van der Waals surface area contributed by atoms with Crippen molar-refractivity contribution in [3.63, 3.8) is 0 Å². The number of amides is 2. The van der Waals surface area contributed by atoms with Gasteiger partial charge in [-0.05, 0) is 42.2 Å². The second-order valence-corrected chi connectivity index (χ2v) is 8.54. The van der Waals surface area contributed by atoms with Crippen LogP contribution in [0.1, 0.15) is 44.2 Å². The Kier molecular flexibility index (Phi) is 10.6. The number of nitrogens with one attached hydrogen (secondary N) is 1. The van der Waals surface area contributed by atoms with Crippen molar-refractivity contribution < 1.29 is 9.59 Å². The predicted octanol–water partition coefficient (Wildman–Crippen LogP) is 5.46. The molecule has 192 valence electrons. The van der Waals surface area contributed by atoms with Crippen molar-refractivity contribution in [2.45, 2.75) is 39.7 Å². The van der Waals surface area contributed by atoms with Crippen LogP contribution in [0.5, 0.6) is 0 Å². The fourth-order valence-electron chi connectivity index (χ4n) is 4.00. The summed E-state index contributed by atoms with van der Waals surface area (Å²) < 4.78 is 0. The molecule has 0 saturated heterocycles. The largest absolute Gasteiger partial charge is 0.313 e. The average Bonchev–Trinajstić information content (AvgIpc) is 2.94. The van der Waals surface area contributed by atoms with Crippen LogP contribution in [-0.4, -0.2) is 43.0 Å². The van der Waals surface area contributed by atoms with Gasteiger partial charge in [-0.25, -0.2) is 0 Å². The maximum absolute atomic E-state index is 12.1. The predicted molar refractivity (Wildman–Crippen MR) is 152 cm³/mol. The summed E-state index contributed by atoms with van der Waals surface area (Å²) in [5, 5.41) is 9.31. The zero-order chi connectivity index (χ0) is 26.5. The first-order valence-electron chi connectivity index (χ1n) is 12.6. The van der Waals surface area contributed by atoms with E-state index in [4.69, 9.17) is 5.10 Å². The second-order valence-electron chi connectivity index (χ2n) is 8.54. The molecule has 0 aromatic heterocycles. The standard InChI is InChI=1S/C30H35N5O2/c1-4-6-16-29(33-34(3)26-12-8-7-9-13-26)35(23-37)21-24-17-19-25(20-18-24)27-14-10-11-15-28(27)30(31-5-2)32-22-36/h7-15,17-20,22-23H,4-6,16,21H2,1-3H3,(H,31,32,36)/b33-29-. The van der Waals surface area contributed by atoms with Gasteiger partial charge in [-0.1, -0.05) is 80.1 Å². The lowest BCUT2D eigenvalue weighted by Gasteiger charge is -2.23. The van der Waals surface area contributed by atoms with Crippen LogP contribution >= 0.6 is 0 Å². The number of carbonyl (C=O) groups is 2. The monoisotopic (exact) mass is 497 g/mol. The van der Waals surface area contributed by atoms with E-state index in [0.717, 1.165) is 53.0 Å². The zero-order valence-corrected chi connectivity index (χ0v) is 21.8. The van der Waals surface area contributed by atoms with Crippen LogP contribution in [0.25, 0.3) is 11.1 Å². The highest BCUT2D eigenvalue weighted by molar-refractivity contribution is 6.08. The molecule has 7 heteroatoms. The fraction of sp³-hybridized carbons (Fsp3) is 0.267. The number of nitrogens with zero attached hydrogens (tertiary/aromatic N) is 4. The minimum Gasteiger partial charge on any atom is -0.313 e. The van der Waals surface area contributed by atoms with Gasteiger partial charge in [-0.2, -0.15) is 5.10 Å². The Labute approximate surface area is 219 Å². The third-order valence-corrected chi connectivity index (χ3v) is 5.92. The van der Waals surface area contributed by atoms with Gasteiger partial charge in [0, 0.05) is 25.6 Å². The van der Waals surface area contributed by atoms with Gasteiger partial charge < -0.3 is 5.32 Å². The number of amidine groups is 2. The third-order valence-electron chi connectivity index (χ3n) is 5.92. The van der Waals surface area contributed by atoms with Gasteiger partial charge in [0.1, 0.15) is 11.7 Å². The third kappa shape index (κ3) is 7.61. The SMILES string of the molecule is CCCC/C(=N/N(C)c1ccccc1)N(C=O)Cc1ccc(-c2ccccc2C(=NCC)NC=O)cc1. The molecule has 0 atom stereocenters. The highest BCUT2D eigenvalue weighted by Crippen LogP contribution is 2.25. The average molecular weight is 498 g/mol. The number of aliphatic imine (C=N–C) groups is 1. The Hall–Kier alpha value is -4.26. The van der Waals surface area contributed by atoms with Crippen molar-refractivity contribution >= 4 is 30.2 Å². The van der Waals surface area contributed by atoms with E-state index in [1.54, 1.807) is 4.90 Å². The van der Waals surface area contributed by atoms with Crippen molar-refractivity contribution in [1.29, 1.82) is 0 Å². The topological polar surface area (TPSA) is 77.4 Å². The molecule has 3 aromatic carbocycles. The lowest BCUT2D eigenvalue weighted by atomic mass is 9.98. The Morgan fingerprint density at radius 1 is 0.919 bits per heavy atom. The van der Waals surface area contributed by atoms with Gasteiger partial charge in [0.05, 0.1) is 12.2 Å². The van der Waals surface area contributed by atoms with E-state index < -0.39 is 0 Å². The van der Waals surface area contributed by atoms with E-state index >= 15 is 0 Å². The highest BCUT2D eigenvalue weighted by Gasteiger charge is 2.14. The van der Waals surface area contributed by atoms with Crippen molar-refractivity contribution in [2.75, 3.05) is 18.6 Å². The van der Waals surface area contributed by atoms with Crippen LogP contribution in [0.3, 0.4) is 0 Å². The van der Waals surface area contributed by atoms with E-state index in [9.17, 15) is 9.59 Å². The molecule has 0 radical (unpaired) electrons. The Morgan fingerprint density at radius 3 is 2.27 bits per heavy atom. The Bertz CT molecular complexity index is 1210. The maximum Gasteiger partial charge on any atom is 0.215 e. The number of carbonyl (C=O) groups excluding carboxylic acids is 2. The van der Waals surface area contributed by atoms with E-state index in [1.807, 2.05) is 97.8 Å². The molecule has 0 bridgehead atoms. The van der Waals surface area contributed by atoms with Crippen LogP contribution in [0.15, 0.2) is 89.0 Å². The number of hydrogen-bond acceptors (Lipinski definition) is 5. The maximum atomic E-state index is 12.1.